The summed E-state index contributed by atoms with van der Waals surface area (Å²) in [7, 11) is 0. The second-order valence-corrected chi connectivity index (χ2v) is 7.57. The molecule has 0 spiro atoms. The molecule has 1 aliphatic rings. The largest absolute Gasteiger partial charge is 0.370 e. The molecule has 1 aliphatic heterocycles. The lowest BCUT2D eigenvalue weighted by molar-refractivity contribution is -0.908. The van der Waals surface area contributed by atoms with Gasteiger partial charge in [0, 0.05) is 24.5 Å². The molecule has 7 heteroatoms. The number of morpholine rings is 1. The van der Waals surface area contributed by atoms with Crippen LogP contribution in [0, 0.1) is 0 Å². The van der Waals surface area contributed by atoms with E-state index in [1.54, 1.807) is 16.8 Å². The second kappa shape index (κ2) is 9.65. The van der Waals surface area contributed by atoms with Gasteiger partial charge in [0.2, 0.25) is 0 Å². The summed E-state index contributed by atoms with van der Waals surface area (Å²) in [6, 6.07) is 15.1. The number of rotatable bonds is 7. The minimum atomic E-state index is -0.329. The van der Waals surface area contributed by atoms with Crippen molar-refractivity contribution in [3.05, 3.63) is 76.2 Å². The van der Waals surface area contributed by atoms with Crippen molar-refractivity contribution in [2.45, 2.75) is 13.0 Å². The molecule has 4 rings (SSSR count). The van der Waals surface area contributed by atoms with Crippen LogP contribution >= 0.6 is 0 Å². The third kappa shape index (κ3) is 4.75. The summed E-state index contributed by atoms with van der Waals surface area (Å²) < 4.78 is 6.95. The topological polar surface area (TPSA) is 77.7 Å². The van der Waals surface area contributed by atoms with Crippen LogP contribution in [0.15, 0.2) is 59.5 Å². The number of benzene rings is 1. The molecule has 2 aromatic heterocycles. The van der Waals surface area contributed by atoms with Gasteiger partial charge < -0.3 is 15.0 Å². The Kier molecular flexibility index (Phi) is 6.51. The molecule has 0 atom stereocenters. The Bertz CT molecular complexity index is 1060. The first kappa shape index (κ1) is 20.3. The molecule has 7 nitrogen and oxygen atoms in total. The molecule has 1 amide bonds. The Morgan fingerprint density at radius 2 is 1.93 bits per heavy atom. The zero-order chi connectivity index (χ0) is 20.8. The van der Waals surface area contributed by atoms with E-state index in [1.165, 1.54) is 4.90 Å². The maximum Gasteiger partial charge on any atom is 0.265 e. The van der Waals surface area contributed by atoms with E-state index in [4.69, 9.17) is 4.74 Å². The highest BCUT2D eigenvalue weighted by Crippen LogP contribution is 2.13. The van der Waals surface area contributed by atoms with Crippen LogP contribution in [0.4, 0.5) is 0 Å². The summed E-state index contributed by atoms with van der Waals surface area (Å²) in [5.41, 5.74) is 1.41. The van der Waals surface area contributed by atoms with Crippen LogP contribution in [0.25, 0.3) is 11.0 Å². The van der Waals surface area contributed by atoms with E-state index in [-0.39, 0.29) is 17.0 Å². The minimum absolute atomic E-state index is 0.158. The van der Waals surface area contributed by atoms with Gasteiger partial charge in [0.1, 0.15) is 24.3 Å². The van der Waals surface area contributed by atoms with Gasteiger partial charge in [-0.1, -0.05) is 30.3 Å². The lowest BCUT2D eigenvalue weighted by Crippen LogP contribution is -3.14. The third-order valence-corrected chi connectivity index (χ3v) is 5.47. The molecule has 3 heterocycles. The van der Waals surface area contributed by atoms with Gasteiger partial charge in [-0.2, -0.15) is 0 Å². The van der Waals surface area contributed by atoms with E-state index >= 15 is 0 Å². The molecule has 30 heavy (non-hydrogen) atoms. The van der Waals surface area contributed by atoms with E-state index in [2.05, 4.69) is 10.3 Å². The van der Waals surface area contributed by atoms with Crippen LogP contribution in [-0.2, 0) is 11.3 Å². The fourth-order valence-electron chi connectivity index (χ4n) is 3.83. The Balaban J connectivity index is 1.51. The molecule has 0 aliphatic carbocycles. The number of fused-ring (bicyclic) bond motifs is 1. The number of nitrogens with one attached hydrogen (secondary N) is 2. The van der Waals surface area contributed by atoms with E-state index in [9.17, 15) is 9.59 Å². The zero-order valence-corrected chi connectivity index (χ0v) is 17.0. The first-order valence-corrected chi connectivity index (χ1v) is 10.4. The Labute approximate surface area is 175 Å². The first-order chi connectivity index (χ1) is 14.7. The highest BCUT2D eigenvalue weighted by Gasteiger charge is 2.17. The zero-order valence-electron chi connectivity index (χ0n) is 17.0. The molecule has 156 valence electrons. The predicted octanol–water partition coefficient (Wildman–Crippen LogP) is 0.480. The molecule has 1 aromatic carbocycles. The fraction of sp³-hybridized carbons (Fsp3) is 0.348. The first-order valence-electron chi connectivity index (χ1n) is 10.4. The molecular formula is C23H27N4O3+. The molecule has 0 radical (unpaired) electrons. The van der Waals surface area contributed by atoms with Gasteiger partial charge in [-0.25, -0.2) is 4.98 Å². The van der Waals surface area contributed by atoms with Crippen molar-refractivity contribution in [2.75, 3.05) is 39.4 Å². The average Bonchev–Trinajstić information content (AvgIpc) is 2.79. The summed E-state index contributed by atoms with van der Waals surface area (Å²) >= 11 is 0. The van der Waals surface area contributed by atoms with Crippen molar-refractivity contribution in [1.82, 2.24) is 14.9 Å². The van der Waals surface area contributed by atoms with Gasteiger partial charge in [-0.3, -0.25) is 14.2 Å². The lowest BCUT2D eigenvalue weighted by atomic mass is 10.1. The van der Waals surface area contributed by atoms with Crippen LogP contribution in [0.3, 0.4) is 0 Å². The number of quaternary nitrogens is 1. The number of ether oxygens (including phenoxy) is 1. The van der Waals surface area contributed by atoms with E-state index in [1.807, 2.05) is 42.5 Å². The Morgan fingerprint density at radius 3 is 2.73 bits per heavy atom. The quantitative estimate of drug-likeness (QED) is 0.559. The van der Waals surface area contributed by atoms with Gasteiger partial charge in [0.05, 0.1) is 26.3 Å². The summed E-state index contributed by atoms with van der Waals surface area (Å²) in [5, 5.41) is 3.69. The molecule has 0 saturated carbocycles. The smallest absolute Gasteiger partial charge is 0.265 e. The standard InChI is InChI=1S/C23H26N4O3/c28-22(25-10-5-11-26-12-14-30-15-13-26)20-16-19-8-4-9-24-21(19)27(23(20)29)17-18-6-2-1-3-7-18/h1-4,6-9,16H,5,10-15,17H2,(H,25,28)/p+1. The Morgan fingerprint density at radius 1 is 1.13 bits per heavy atom. The molecule has 0 bridgehead atoms. The van der Waals surface area contributed by atoms with Crippen LogP contribution in [0.5, 0.6) is 0 Å². The van der Waals surface area contributed by atoms with Gasteiger partial charge in [0.15, 0.2) is 0 Å². The fourth-order valence-corrected chi connectivity index (χ4v) is 3.83. The second-order valence-electron chi connectivity index (χ2n) is 7.57. The minimum Gasteiger partial charge on any atom is -0.370 e. The van der Waals surface area contributed by atoms with Crippen molar-refractivity contribution in [1.29, 1.82) is 0 Å². The normalized spacial score (nSPS) is 14.7. The van der Waals surface area contributed by atoms with Crippen molar-refractivity contribution in [2.24, 2.45) is 0 Å². The lowest BCUT2D eigenvalue weighted by Gasteiger charge is -2.23. The van der Waals surface area contributed by atoms with Crippen LogP contribution in [-0.4, -0.2) is 54.9 Å². The molecule has 2 N–H and O–H groups in total. The molecule has 1 fully saturated rings. The number of amides is 1. The van der Waals surface area contributed by atoms with E-state index < -0.39 is 0 Å². The van der Waals surface area contributed by atoms with Crippen LogP contribution in [0.2, 0.25) is 0 Å². The van der Waals surface area contributed by atoms with E-state index in [0.29, 0.717) is 18.7 Å². The number of carbonyl (C=O) groups is 1. The van der Waals surface area contributed by atoms with Gasteiger partial charge in [-0.15, -0.1) is 0 Å². The number of hydrogen-bond acceptors (Lipinski definition) is 4. The summed E-state index contributed by atoms with van der Waals surface area (Å²) in [6.45, 7) is 5.53. The van der Waals surface area contributed by atoms with Crippen LogP contribution < -0.4 is 15.8 Å². The predicted molar refractivity (Wildman–Crippen MR) is 115 cm³/mol. The summed E-state index contributed by atoms with van der Waals surface area (Å²) in [5.74, 6) is -0.329. The van der Waals surface area contributed by atoms with Gasteiger partial charge >= 0.3 is 0 Å². The highest BCUT2D eigenvalue weighted by atomic mass is 16.5. The number of aromatic nitrogens is 2. The number of nitrogens with zero attached hydrogens (tertiary/aromatic N) is 2. The molecule has 1 saturated heterocycles. The highest BCUT2D eigenvalue weighted by molar-refractivity contribution is 5.96. The maximum atomic E-state index is 13.2. The van der Waals surface area contributed by atoms with Crippen LogP contribution in [0.1, 0.15) is 22.3 Å². The van der Waals surface area contributed by atoms with Crippen molar-refractivity contribution in [3.63, 3.8) is 0 Å². The monoisotopic (exact) mass is 407 g/mol. The average molecular weight is 407 g/mol. The van der Waals surface area contributed by atoms with Crippen molar-refractivity contribution >= 4 is 16.9 Å². The SMILES string of the molecule is O=C(NCCC[NH+]1CCOCC1)c1cc2cccnc2n(Cc2ccccc2)c1=O. The third-order valence-electron chi connectivity index (χ3n) is 5.47. The maximum absolute atomic E-state index is 13.2. The van der Waals surface area contributed by atoms with Crippen molar-refractivity contribution < 1.29 is 14.4 Å². The number of pyridine rings is 2. The van der Waals surface area contributed by atoms with E-state index in [0.717, 1.165) is 50.2 Å². The molecule has 0 unspecified atom stereocenters. The summed E-state index contributed by atoms with van der Waals surface area (Å²) in [4.78, 5) is 31.8. The molecule has 3 aromatic rings. The number of hydrogen-bond donors (Lipinski definition) is 2. The van der Waals surface area contributed by atoms with Gasteiger partial charge in [0.25, 0.3) is 11.5 Å². The van der Waals surface area contributed by atoms with Crippen molar-refractivity contribution in [3.8, 4) is 0 Å². The Hall–Kier alpha value is -3.03. The number of carbonyl (C=O) groups excluding carboxylic acids is 1. The van der Waals surface area contributed by atoms with Gasteiger partial charge in [-0.05, 0) is 23.8 Å². The summed E-state index contributed by atoms with van der Waals surface area (Å²) in [6.07, 6.45) is 2.53. The molecular weight excluding hydrogens is 380 g/mol.